The van der Waals surface area contributed by atoms with Crippen LogP contribution in [0.2, 0.25) is 0 Å². The van der Waals surface area contributed by atoms with Crippen LogP contribution in [0.1, 0.15) is 23.2 Å². The minimum Gasteiger partial charge on any atom is -0.349 e. The normalized spacial score (nSPS) is 21.6. The highest BCUT2D eigenvalue weighted by Crippen LogP contribution is 2.27. The second-order valence-electron chi connectivity index (χ2n) is 4.70. The molecule has 0 radical (unpaired) electrons. The molecule has 1 aliphatic rings. The highest BCUT2D eigenvalue weighted by atomic mass is 32.2. The molecule has 1 aliphatic heterocycles. The van der Waals surface area contributed by atoms with E-state index in [-0.39, 0.29) is 23.0 Å². The first-order valence-electron chi connectivity index (χ1n) is 6.42. The number of nitrogens with one attached hydrogen (secondary N) is 2. The number of rotatable bonds is 4. The van der Waals surface area contributed by atoms with Crippen LogP contribution in [0.4, 0.5) is 11.4 Å². The number of para-hydroxylation sites is 1. The summed E-state index contributed by atoms with van der Waals surface area (Å²) in [5, 5.41) is 13.7. The van der Waals surface area contributed by atoms with Crippen LogP contribution in [0.25, 0.3) is 0 Å². The molecule has 0 spiro atoms. The van der Waals surface area contributed by atoms with Crippen LogP contribution in [0, 0.1) is 10.1 Å². The van der Waals surface area contributed by atoms with Gasteiger partial charge in [-0.1, -0.05) is 6.07 Å². The lowest BCUT2D eigenvalue weighted by atomic mass is 10.1. The summed E-state index contributed by atoms with van der Waals surface area (Å²) in [7, 11) is -0.809. The van der Waals surface area contributed by atoms with Crippen LogP contribution in [-0.2, 0) is 10.8 Å². The van der Waals surface area contributed by atoms with E-state index in [4.69, 9.17) is 5.84 Å². The molecule has 1 heterocycles. The van der Waals surface area contributed by atoms with Gasteiger partial charge in [-0.15, -0.1) is 0 Å². The van der Waals surface area contributed by atoms with Crippen LogP contribution in [0.5, 0.6) is 0 Å². The van der Waals surface area contributed by atoms with Crippen molar-refractivity contribution >= 4 is 28.1 Å². The Morgan fingerprint density at radius 2 is 2.05 bits per heavy atom. The summed E-state index contributed by atoms with van der Waals surface area (Å²) in [6.45, 7) is 0. The maximum Gasteiger partial charge on any atom is 0.294 e. The van der Waals surface area contributed by atoms with Crippen molar-refractivity contribution < 1.29 is 13.9 Å². The van der Waals surface area contributed by atoms with E-state index in [1.807, 2.05) is 0 Å². The number of carbonyl (C=O) groups excluding carboxylic acids is 1. The van der Waals surface area contributed by atoms with Gasteiger partial charge in [0.1, 0.15) is 5.69 Å². The predicted molar refractivity (Wildman–Crippen MR) is 79.3 cm³/mol. The third-order valence-electron chi connectivity index (χ3n) is 3.35. The summed E-state index contributed by atoms with van der Waals surface area (Å²) in [6.07, 6.45) is 1.28. The fraction of sp³-hybridized carbons (Fsp3) is 0.417. The summed E-state index contributed by atoms with van der Waals surface area (Å²) in [5.41, 5.74) is 2.07. The van der Waals surface area contributed by atoms with E-state index in [0.29, 0.717) is 24.3 Å². The second kappa shape index (κ2) is 6.64. The van der Waals surface area contributed by atoms with E-state index in [2.05, 4.69) is 10.7 Å². The Labute approximate surface area is 123 Å². The van der Waals surface area contributed by atoms with Crippen molar-refractivity contribution in [2.45, 2.75) is 18.9 Å². The van der Waals surface area contributed by atoms with E-state index in [9.17, 15) is 19.1 Å². The summed E-state index contributed by atoms with van der Waals surface area (Å²) in [4.78, 5) is 22.6. The largest absolute Gasteiger partial charge is 0.349 e. The number of anilines is 1. The molecule has 1 saturated heterocycles. The third-order valence-corrected chi connectivity index (χ3v) is 4.73. The number of hydrazine groups is 1. The molecule has 0 saturated carbocycles. The summed E-state index contributed by atoms with van der Waals surface area (Å²) in [5.74, 6) is 5.99. The van der Waals surface area contributed by atoms with Crippen LogP contribution in [0.15, 0.2) is 18.2 Å². The highest BCUT2D eigenvalue weighted by molar-refractivity contribution is 7.85. The number of nitro benzene ring substituents is 1. The monoisotopic (exact) mass is 312 g/mol. The van der Waals surface area contributed by atoms with Gasteiger partial charge in [-0.25, -0.2) is 0 Å². The van der Waals surface area contributed by atoms with E-state index in [1.165, 1.54) is 18.2 Å². The first-order valence-corrected chi connectivity index (χ1v) is 7.91. The molecule has 21 heavy (non-hydrogen) atoms. The van der Waals surface area contributed by atoms with Crippen LogP contribution < -0.4 is 16.6 Å². The lowest BCUT2D eigenvalue weighted by Crippen LogP contribution is -2.39. The number of nitrogen functional groups attached to an aromatic ring is 1. The molecule has 1 amide bonds. The Bertz CT molecular complexity index is 583. The van der Waals surface area contributed by atoms with Crippen LogP contribution >= 0.6 is 0 Å². The Balaban J connectivity index is 2.17. The number of nitrogens with zero attached hydrogens (tertiary/aromatic N) is 1. The number of benzene rings is 1. The van der Waals surface area contributed by atoms with E-state index >= 15 is 0 Å². The molecule has 1 aromatic rings. The number of amides is 1. The van der Waals surface area contributed by atoms with Gasteiger partial charge >= 0.3 is 0 Å². The minimum atomic E-state index is -0.809. The fourth-order valence-electron chi connectivity index (χ4n) is 2.23. The van der Waals surface area contributed by atoms with Gasteiger partial charge in [0.25, 0.3) is 11.6 Å². The van der Waals surface area contributed by atoms with Gasteiger partial charge in [0.05, 0.1) is 10.5 Å². The lowest BCUT2D eigenvalue weighted by Gasteiger charge is -2.23. The average molecular weight is 312 g/mol. The van der Waals surface area contributed by atoms with Crippen molar-refractivity contribution in [1.82, 2.24) is 5.32 Å². The van der Waals surface area contributed by atoms with Gasteiger partial charge in [0, 0.05) is 34.4 Å². The van der Waals surface area contributed by atoms with Gasteiger partial charge in [0.2, 0.25) is 0 Å². The minimum absolute atomic E-state index is 0.0145. The molecule has 0 unspecified atom stereocenters. The summed E-state index contributed by atoms with van der Waals surface area (Å²) < 4.78 is 11.3. The second-order valence-corrected chi connectivity index (χ2v) is 6.39. The smallest absolute Gasteiger partial charge is 0.294 e. The van der Waals surface area contributed by atoms with Crippen molar-refractivity contribution in [3.63, 3.8) is 0 Å². The van der Waals surface area contributed by atoms with Gasteiger partial charge in [0.15, 0.2) is 0 Å². The topological polar surface area (TPSA) is 127 Å². The zero-order valence-electron chi connectivity index (χ0n) is 11.2. The SMILES string of the molecule is NNc1c(C(=O)NC2CCS(=O)CC2)cccc1[N+](=O)[O-]. The zero-order valence-corrected chi connectivity index (χ0v) is 12.0. The molecule has 1 fully saturated rings. The Kier molecular flexibility index (Phi) is 4.86. The van der Waals surface area contributed by atoms with E-state index < -0.39 is 21.6 Å². The number of hydrogen-bond donors (Lipinski definition) is 3. The number of carbonyl (C=O) groups is 1. The fourth-order valence-corrected chi connectivity index (χ4v) is 3.53. The van der Waals surface area contributed by atoms with Crippen LogP contribution in [-0.4, -0.2) is 32.6 Å². The highest BCUT2D eigenvalue weighted by Gasteiger charge is 2.24. The summed E-state index contributed by atoms with van der Waals surface area (Å²) in [6, 6.07) is 4.11. The maximum atomic E-state index is 12.2. The molecule has 114 valence electrons. The van der Waals surface area contributed by atoms with Crippen molar-refractivity contribution in [2.75, 3.05) is 16.9 Å². The molecular weight excluding hydrogens is 296 g/mol. The molecule has 9 heteroatoms. The Morgan fingerprint density at radius 1 is 1.38 bits per heavy atom. The van der Waals surface area contributed by atoms with Crippen molar-refractivity contribution in [1.29, 1.82) is 0 Å². The standard InChI is InChI=1S/C12H16N4O4S/c13-15-11-9(2-1-3-10(11)16(18)19)12(17)14-8-4-6-21(20)7-5-8/h1-3,8,15H,4-7,13H2,(H,14,17). The molecule has 0 bridgehead atoms. The number of nitro groups is 1. The number of nitrogens with two attached hydrogens (primary N) is 1. The molecule has 8 nitrogen and oxygen atoms in total. The lowest BCUT2D eigenvalue weighted by molar-refractivity contribution is -0.384. The third kappa shape index (κ3) is 3.56. The van der Waals surface area contributed by atoms with Crippen LogP contribution in [0.3, 0.4) is 0 Å². The average Bonchev–Trinajstić information content (AvgIpc) is 2.48. The van der Waals surface area contributed by atoms with Gasteiger partial charge in [-0.05, 0) is 18.9 Å². The van der Waals surface area contributed by atoms with Gasteiger partial charge in [-0.3, -0.25) is 25.0 Å². The molecule has 0 atom stereocenters. The van der Waals surface area contributed by atoms with Crippen molar-refractivity contribution in [3.8, 4) is 0 Å². The van der Waals surface area contributed by atoms with Crippen molar-refractivity contribution in [3.05, 3.63) is 33.9 Å². The molecule has 2 rings (SSSR count). The van der Waals surface area contributed by atoms with Gasteiger partial charge in [-0.2, -0.15) is 0 Å². The maximum absolute atomic E-state index is 12.2. The molecule has 4 N–H and O–H groups in total. The molecule has 0 aliphatic carbocycles. The number of hydrogen-bond acceptors (Lipinski definition) is 6. The van der Waals surface area contributed by atoms with E-state index in [1.54, 1.807) is 0 Å². The Hall–Kier alpha value is -2.00. The first kappa shape index (κ1) is 15.4. The van der Waals surface area contributed by atoms with Gasteiger partial charge < -0.3 is 10.7 Å². The van der Waals surface area contributed by atoms with Crippen molar-refractivity contribution in [2.24, 2.45) is 5.84 Å². The predicted octanol–water partition coefficient (Wildman–Crippen LogP) is 0.521. The zero-order chi connectivity index (χ0) is 15.4. The molecular formula is C12H16N4O4S. The molecule has 0 aromatic heterocycles. The Morgan fingerprint density at radius 3 is 2.62 bits per heavy atom. The molecule has 1 aromatic carbocycles. The quantitative estimate of drug-likeness (QED) is 0.422. The first-order chi connectivity index (χ1) is 10.0. The summed E-state index contributed by atoms with van der Waals surface area (Å²) >= 11 is 0. The van der Waals surface area contributed by atoms with E-state index in [0.717, 1.165) is 0 Å².